The summed E-state index contributed by atoms with van der Waals surface area (Å²) >= 11 is 2.97. The first-order valence-electron chi connectivity index (χ1n) is 8.48. The average Bonchev–Trinajstić information content (AvgIpc) is 3.14. The molecule has 1 aliphatic carbocycles. The van der Waals surface area contributed by atoms with Crippen molar-refractivity contribution in [3.05, 3.63) is 32.9 Å². The van der Waals surface area contributed by atoms with E-state index in [0.717, 1.165) is 35.1 Å². The molecule has 0 saturated heterocycles. The number of aromatic nitrogens is 2. The van der Waals surface area contributed by atoms with E-state index in [1.165, 1.54) is 22.2 Å². The van der Waals surface area contributed by atoms with Crippen LogP contribution >= 0.6 is 23.1 Å². The molecule has 0 fully saturated rings. The van der Waals surface area contributed by atoms with Crippen LogP contribution in [0.2, 0.25) is 0 Å². The van der Waals surface area contributed by atoms with Crippen LogP contribution < -0.4 is 5.56 Å². The van der Waals surface area contributed by atoms with Crippen molar-refractivity contribution in [1.29, 1.82) is 0 Å². The van der Waals surface area contributed by atoms with Crippen LogP contribution in [0, 0.1) is 0 Å². The van der Waals surface area contributed by atoms with E-state index in [0.29, 0.717) is 18.2 Å². The van der Waals surface area contributed by atoms with Crippen LogP contribution in [-0.4, -0.2) is 39.2 Å². The zero-order chi connectivity index (χ0) is 18.1. The normalized spacial score (nSPS) is 13.2. The number of hydrogen-bond donors (Lipinski definition) is 0. The second-order valence-corrected chi connectivity index (χ2v) is 8.48. The van der Waals surface area contributed by atoms with Crippen molar-refractivity contribution in [3.8, 4) is 0 Å². The Morgan fingerprint density at radius 2 is 2.20 bits per heavy atom. The lowest BCUT2D eigenvalue weighted by Crippen LogP contribution is -2.33. The minimum absolute atomic E-state index is 0.00799. The lowest BCUT2D eigenvalue weighted by Gasteiger charge is -2.20. The number of amides is 1. The van der Waals surface area contributed by atoms with Crippen LogP contribution in [-0.2, 0) is 24.7 Å². The van der Waals surface area contributed by atoms with Gasteiger partial charge in [0.15, 0.2) is 5.16 Å². The van der Waals surface area contributed by atoms with Gasteiger partial charge >= 0.3 is 0 Å². The predicted octanol–water partition coefficient (Wildman–Crippen LogP) is 3.00. The van der Waals surface area contributed by atoms with E-state index in [2.05, 4.69) is 11.6 Å². The maximum atomic E-state index is 12.8. The largest absolute Gasteiger partial charge is 0.338 e. The number of likely N-dealkylation sites (N-methyl/N-ethyl adjacent to an activating group) is 1. The molecule has 0 N–H and O–H groups in total. The van der Waals surface area contributed by atoms with Gasteiger partial charge in [-0.15, -0.1) is 11.3 Å². The number of hydrogen-bond acceptors (Lipinski definition) is 5. The third-order valence-electron chi connectivity index (χ3n) is 4.43. The maximum Gasteiger partial charge on any atom is 0.262 e. The van der Waals surface area contributed by atoms with Gasteiger partial charge in [-0.25, -0.2) is 4.98 Å². The first-order valence-corrected chi connectivity index (χ1v) is 10.3. The van der Waals surface area contributed by atoms with E-state index < -0.39 is 0 Å². The molecule has 5 nitrogen and oxygen atoms in total. The Morgan fingerprint density at radius 3 is 2.88 bits per heavy atom. The fourth-order valence-electron chi connectivity index (χ4n) is 3.15. The number of thioether (sulfide) groups is 1. The van der Waals surface area contributed by atoms with Crippen molar-refractivity contribution in [2.45, 2.75) is 38.3 Å². The van der Waals surface area contributed by atoms with Crippen molar-refractivity contribution in [2.75, 3.05) is 18.8 Å². The lowest BCUT2D eigenvalue weighted by molar-refractivity contribution is -0.127. The summed E-state index contributed by atoms with van der Waals surface area (Å²) in [5.74, 6) is 0.316. The van der Waals surface area contributed by atoms with Crippen molar-refractivity contribution < 1.29 is 4.79 Å². The van der Waals surface area contributed by atoms with Gasteiger partial charge in [-0.2, -0.15) is 0 Å². The van der Waals surface area contributed by atoms with Gasteiger partial charge in [-0.05, 0) is 38.7 Å². The Balaban J connectivity index is 1.83. The molecule has 0 unspecified atom stereocenters. The molecule has 25 heavy (non-hydrogen) atoms. The molecule has 1 amide bonds. The monoisotopic (exact) mass is 377 g/mol. The van der Waals surface area contributed by atoms with Gasteiger partial charge in [0.2, 0.25) is 5.91 Å². The average molecular weight is 378 g/mol. The number of carbonyl (C=O) groups is 1. The lowest BCUT2D eigenvalue weighted by atomic mass is 10.2. The van der Waals surface area contributed by atoms with E-state index >= 15 is 0 Å². The molecule has 2 aromatic heterocycles. The summed E-state index contributed by atoms with van der Waals surface area (Å²) in [6.07, 6.45) is 3.15. The summed E-state index contributed by atoms with van der Waals surface area (Å²) in [5.41, 5.74) is 2.16. The maximum absolute atomic E-state index is 12.8. The van der Waals surface area contributed by atoms with E-state index in [4.69, 9.17) is 0 Å². The Labute approximate surface area is 155 Å². The molecule has 3 rings (SSSR count). The first-order chi connectivity index (χ1) is 11.9. The fraction of sp³-hybridized carbons (Fsp3) is 0.500. The third kappa shape index (κ3) is 3.53. The standard InChI is InChI=1S/C18H23N3O2S2/c1-5-21(9-11(2)3)14(22)10-24-18-19-16-15(17(23)20(18)4)12-7-6-8-13(12)25-16/h2,5-10H2,1,3-4H3. The molecule has 0 aromatic carbocycles. The molecule has 0 spiro atoms. The van der Waals surface area contributed by atoms with Crippen LogP contribution in [0.3, 0.4) is 0 Å². The van der Waals surface area contributed by atoms with Crippen LogP contribution in [0.15, 0.2) is 22.1 Å². The molecule has 7 heteroatoms. The highest BCUT2D eigenvalue weighted by molar-refractivity contribution is 7.99. The highest BCUT2D eigenvalue weighted by Crippen LogP contribution is 2.35. The Bertz CT molecular complexity index is 898. The summed E-state index contributed by atoms with van der Waals surface area (Å²) in [6.45, 7) is 8.96. The van der Waals surface area contributed by atoms with Gasteiger partial charge in [-0.1, -0.05) is 23.9 Å². The fourth-order valence-corrected chi connectivity index (χ4v) is 5.33. The van der Waals surface area contributed by atoms with Gasteiger partial charge in [0.05, 0.1) is 11.1 Å². The van der Waals surface area contributed by atoms with Gasteiger partial charge in [0, 0.05) is 25.0 Å². The van der Waals surface area contributed by atoms with Gasteiger partial charge in [0.25, 0.3) is 5.56 Å². The zero-order valence-corrected chi connectivity index (χ0v) is 16.6. The summed E-state index contributed by atoms with van der Waals surface area (Å²) < 4.78 is 1.58. The van der Waals surface area contributed by atoms with Crippen molar-refractivity contribution in [2.24, 2.45) is 7.05 Å². The second kappa shape index (κ2) is 7.33. The number of carbonyl (C=O) groups excluding carboxylic acids is 1. The highest BCUT2D eigenvalue weighted by atomic mass is 32.2. The van der Waals surface area contributed by atoms with E-state index in [-0.39, 0.29) is 17.2 Å². The van der Waals surface area contributed by atoms with Crippen molar-refractivity contribution in [1.82, 2.24) is 14.5 Å². The van der Waals surface area contributed by atoms with Crippen molar-refractivity contribution >= 4 is 39.2 Å². The van der Waals surface area contributed by atoms with E-state index in [1.54, 1.807) is 27.9 Å². The summed E-state index contributed by atoms with van der Waals surface area (Å²) in [5, 5.41) is 1.39. The number of fused-ring (bicyclic) bond motifs is 3. The molecule has 0 bridgehead atoms. The number of nitrogens with zero attached hydrogens (tertiary/aromatic N) is 3. The van der Waals surface area contributed by atoms with Crippen LogP contribution in [0.1, 0.15) is 30.7 Å². The van der Waals surface area contributed by atoms with Crippen LogP contribution in [0.25, 0.3) is 10.2 Å². The number of thiophene rings is 1. The molecule has 134 valence electrons. The minimum Gasteiger partial charge on any atom is -0.338 e. The summed E-state index contributed by atoms with van der Waals surface area (Å²) in [6, 6.07) is 0. The molecule has 0 aliphatic heterocycles. The Morgan fingerprint density at radius 1 is 1.44 bits per heavy atom. The van der Waals surface area contributed by atoms with E-state index in [9.17, 15) is 9.59 Å². The SMILES string of the molecule is C=C(C)CN(CC)C(=O)CSc1nc2sc3c(c2c(=O)n1C)CCC3. The van der Waals surface area contributed by atoms with Crippen LogP contribution in [0.4, 0.5) is 0 Å². The van der Waals surface area contributed by atoms with Gasteiger partial charge in [0.1, 0.15) is 4.83 Å². The molecule has 2 heterocycles. The molecule has 0 saturated carbocycles. The third-order valence-corrected chi connectivity index (χ3v) is 6.63. The van der Waals surface area contributed by atoms with Gasteiger partial charge < -0.3 is 4.90 Å². The number of rotatable bonds is 6. The minimum atomic E-state index is 0.00799. The van der Waals surface area contributed by atoms with E-state index in [1.807, 2.05) is 13.8 Å². The van der Waals surface area contributed by atoms with Gasteiger partial charge in [-0.3, -0.25) is 14.2 Å². The summed E-state index contributed by atoms with van der Waals surface area (Å²) in [7, 11) is 1.74. The topological polar surface area (TPSA) is 55.2 Å². The molecule has 0 radical (unpaired) electrons. The molecule has 0 atom stereocenters. The summed E-state index contributed by atoms with van der Waals surface area (Å²) in [4.78, 5) is 33.7. The van der Waals surface area contributed by atoms with Crippen molar-refractivity contribution in [3.63, 3.8) is 0 Å². The highest BCUT2D eigenvalue weighted by Gasteiger charge is 2.23. The second-order valence-electron chi connectivity index (χ2n) is 6.45. The molecular weight excluding hydrogens is 354 g/mol. The quantitative estimate of drug-likeness (QED) is 0.441. The Kier molecular flexibility index (Phi) is 5.34. The predicted molar refractivity (Wildman–Crippen MR) is 105 cm³/mol. The molecule has 1 aliphatic rings. The first kappa shape index (κ1) is 18.2. The molecule has 2 aromatic rings. The number of aryl methyl sites for hydroxylation is 2. The zero-order valence-electron chi connectivity index (χ0n) is 14.9. The molecular formula is C18H23N3O2S2. The van der Waals surface area contributed by atoms with Crippen LogP contribution in [0.5, 0.6) is 0 Å². The Hall–Kier alpha value is -1.60. The smallest absolute Gasteiger partial charge is 0.262 e.